The molecule has 0 fully saturated rings. The molecule has 1 heterocycles. The Hall–Kier alpha value is -2.40. The number of aromatic nitrogens is 1. The van der Waals surface area contributed by atoms with E-state index in [2.05, 4.69) is 4.98 Å². The maximum atomic E-state index is 12.2. The Labute approximate surface area is 119 Å². The first-order chi connectivity index (χ1) is 9.63. The van der Waals surface area contributed by atoms with Crippen LogP contribution in [0.15, 0.2) is 42.5 Å². The van der Waals surface area contributed by atoms with Gasteiger partial charge in [0.05, 0.1) is 10.2 Å². The topological polar surface area (TPSA) is 70.4 Å². The van der Waals surface area contributed by atoms with Gasteiger partial charge in [0.1, 0.15) is 0 Å². The largest absolute Gasteiger partial charge is 0.504 e. The average molecular weight is 285 g/mol. The van der Waals surface area contributed by atoms with Crippen LogP contribution in [0, 0.1) is 0 Å². The van der Waals surface area contributed by atoms with E-state index in [-0.39, 0.29) is 23.7 Å². The van der Waals surface area contributed by atoms with E-state index >= 15 is 0 Å². The summed E-state index contributed by atoms with van der Waals surface area (Å²) in [5.41, 5.74) is 1.46. The van der Waals surface area contributed by atoms with Crippen LogP contribution in [0.2, 0.25) is 0 Å². The SMILES string of the molecule is O=C(Cc1ccc(O)c(O)c1)c1nc2ccccc2s1. The number of hydrogen-bond donors (Lipinski definition) is 2. The number of nitrogens with zero attached hydrogens (tertiary/aromatic N) is 1. The van der Waals surface area contributed by atoms with Gasteiger partial charge in [-0.15, -0.1) is 11.3 Å². The van der Waals surface area contributed by atoms with Crippen molar-refractivity contribution < 1.29 is 15.0 Å². The molecule has 100 valence electrons. The van der Waals surface area contributed by atoms with E-state index in [4.69, 9.17) is 0 Å². The molecule has 0 bridgehead atoms. The van der Waals surface area contributed by atoms with Gasteiger partial charge in [-0.1, -0.05) is 18.2 Å². The maximum Gasteiger partial charge on any atom is 0.195 e. The minimum absolute atomic E-state index is 0.101. The summed E-state index contributed by atoms with van der Waals surface area (Å²) < 4.78 is 0.976. The van der Waals surface area contributed by atoms with Crippen molar-refractivity contribution in [3.63, 3.8) is 0 Å². The van der Waals surface area contributed by atoms with Crippen LogP contribution in [-0.2, 0) is 6.42 Å². The average Bonchev–Trinajstić information content (AvgIpc) is 2.87. The number of carbonyl (C=O) groups is 1. The highest BCUT2D eigenvalue weighted by atomic mass is 32.1. The first-order valence-corrected chi connectivity index (χ1v) is 6.85. The van der Waals surface area contributed by atoms with Crippen molar-refractivity contribution >= 4 is 27.3 Å². The lowest BCUT2D eigenvalue weighted by Gasteiger charge is -2.01. The lowest BCUT2D eigenvalue weighted by molar-refractivity contribution is 0.0993. The normalized spacial score (nSPS) is 10.8. The summed E-state index contributed by atoms with van der Waals surface area (Å²) in [5, 5.41) is 19.1. The molecule has 0 spiro atoms. The zero-order valence-corrected chi connectivity index (χ0v) is 11.2. The fourth-order valence-electron chi connectivity index (χ4n) is 1.93. The number of aromatic hydroxyl groups is 2. The predicted molar refractivity (Wildman–Crippen MR) is 77.4 cm³/mol. The quantitative estimate of drug-likeness (QED) is 0.573. The molecule has 3 aromatic rings. The van der Waals surface area contributed by atoms with E-state index in [1.165, 1.54) is 23.5 Å². The highest BCUT2D eigenvalue weighted by Gasteiger charge is 2.13. The number of carbonyl (C=O) groups excluding carboxylic acids is 1. The van der Waals surface area contributed by atoms with Crippen molar-refractivity contribution in [3.05, 3.63) is 53.0 Å². The van der Waals surface area contributed by atoms with Gasteiger partial charge in [-0.2, -0.15) is 0 Å². The Morgan fingerprint density at radius 3 is 2.65 bits per heavy atom. The van der Waals surface area contributed by atoms with Crippen molar-refractivity contribution in [1.82, 2.24) is 4.98 Å². The molecule has 0 atom stereocenters. The number of thiazole rings is 1. The Balaban J connectivity index is 1.86. The zero-order chi connectivity index (χ0) is 14.1. The molecule has 0 amide bonds. The molecule has 0 radical (unpaired) electrons. The first-order valence-electron chi connectivity index (χ1n) is 6.03. The monoisotopic (exact) mass is 285 g/mol. The second-order valence-electron chi connectivity index (χ2n) is 4.41. The number of benzene rings is 2. The van der Waals surface area contributed by atoms with Crippen LogP contribution in [0.3, 0.4) is 0 Å². The highest BCUT2D eigenvalue weighted by Crippen LogP contribution is 2.27. The number of para-hydroxylation sites is 1. The molecule has 4 nitrogen and oxygen atoms in total. The third-order valence-electron chi connectivity index (χ3n) is 2.94. The second kappa shape index (κ2) is 4.94. The standard InChI is InChI=1S/C15H11NO3S/c17-11-6-5-9(7-12(11)18)8-13(19)15-16-10-3-1-2-4-14(10)20-15/h1-7,17-18H,8H2. The number of phenols is 2. The summed E-state index contributed by atoms with van der Waals surface area (Å²) in [6, 6.07) is 12.0. The van der Waals surface area contributed by atoms with Crippen LogP contribution in [0.5, 0.6) is 11.5 Å². The molecule has 0 aliphatic rings. The van der Waals surface area contributed by atoms with E-state index < -0.39 is 0 Å². The Morgan fingerprint density at radius 2 is 1.90 bits per heavy atom. The van der Waals surface area contributed by atoms with E-state index in [0.29, 0.717) is 10.6 Å². The van der Waals surface area contributed by atoms with E-state index in [9.17, 15) is 15.0 Å². The number of fused-ring (bicyclic) bond motifs is 1. The summed E-state index contributed by atoms with van der Waals surface area (Å²) >= 11 is 1.36. The van der Waals surface area contributed by atoms with Crippen LogP contribution < -0.4 is 0 Å². The molecule has 0 aliphatic carbocycles. The fraction of sp³-hybridized carbons (Fsp3) is 0.0667. The van der Waals surface area contributed by atoms with Gasteiger partial charge in [-0.25, -0.2) is 4.98 Å². The fourth-order valence-corrected chi connectivity index (χ4v) is 2.83. The molecular formula is C15H11NO3S. The lowest BCUT2D eigenvalue weighted by atomic mass is 10.1. The Morgan fingerprint density at radius 1 is 1.10 bits per heavy atom. The highest BCUT2D eigenvalue weighted by molar-refractivity contribution is 7.20. The Bertz CT molecular complexity index is 762. The molecule has 3 rings (SSSR count). The van der Waals surface area contributed by atoms with Gasteiger partial charge in [-0.05, 0) is 29.8 Å². The minimum Gasteiger partial charge on any atom is -0.504 e. The molecule has 5 heteroatoms. The number of rotatable bonds is 3. The molecule has 0 unspecified atom stereocenters. The van der Waals surface area contributed by atoms with Crippen LogP contribution >= 0.6 is 11.3 Å². The molecule has 0 saturated heterocycles. The molecular weight excluding hydrogens is 274 g/mol. The van der Waals surface area contributed by atoms with Crippen molar-refractivity contribution in [2.24, 2.45) is 0 Å². The third-order valence-corrected chi connectivity index (χ3v) is 4.01. The van der Waals surface area contributed by atoms with Crippen molar-refractivity contribution in [3.8, 4) is 11.5 Å². The van der Waals surface area contributed by atoms with Gasteiger partial charge < -0.3 is 10.2 Å². The summed E-state index contributed by atoms with van der Waals surface area (Å²) in [6.45, 7) is 0. The zero-order valence-electron chi connectivity index (χ0n) is 10.4. The minimum atomic E-state index is -0.223. The van der Waals surface area contributed by atoms with E-state index in [1.807, 2.05) is 24.3 Å². The summed E-state index contributed by atoms with van der Waals surface area (Å²) in [6.07, 6.45) is 0.146. The molecule has 2 aromatic carbocycles. The van der Waals surface area contributed by atoms with Crippen LogP contribution in [0.25, 0.3) is 10.2 Å². The van der Waals surface area contributed by atoms with Gasteiger partial charge in [0.15, 0.2) is 22.3 Å². The number of Topliss-reactive ketones (excluding diaryl/α,β-unsaturated/α-hetero) is 1. The van der Waals surface area contributed by atoms with Gasteiger partial charge in [0.2, 0.25) is 0 Å². The summed E-state index contributed by atoms with van der Waals surface area (Å²) in [5.74, 6) is -0.517. The molecule has 0 aliphatic heterocycles. The molecule has 20 heavy (non-hydrogen) atoms. The van der Waals surface area contributed by atoms with E-state index in [1.54, 1.807) is 6.07 Å². The van der Waals surface area contributed by atoms with Gasteiger partial charge in [-0.3, -0.25) is 4.79 Å². The smallest absolute Gasteiger partial charge is 0.195 e. The van der Waals surface area contributed by atoms with Gasteiger partial charge in [0, 0.05) is 6.42 Å². The maximum absolute atomic E-state index is 12.2. The van der Waals surface area contributed by atoms with Crippen molar-refractivity contribution in [2.75, 3.05) is 0 Å². The van der Waals surface area contributed by atoms with Crippen molar-refractivity contribution in [2.45, 2.75) is 6.42 Å². The second-order valence-corrected chi connectivity index (χ2v) is 5.44. The molecule has 2 N–H and O–H groups in total. The van der Waals surface area contributed by atoms with Gasteiger partial charge in [0.25, 0.3) is 0 Å². The lowest BCUT2D eigenvalue weighted by Crippen LogP contribution is -2.02. The molecule has 1 aromatic heterocycles. The number of phenolic OH excluding ortho intramolecular Hbond substituents is 2. The first kappa shape index (κ1) is 12.6. The third kappa shape index (κ3) is 2.35. The van der Waals surface area contributed by atoms with Crippen LogP contribution in [0.4, 0.5) is 0 Å². The van der Waals surface area contributed by atoms with Crippen LogP contribution in [-0.4, -0.2) is 21.0 Å². The summed E-state index contributed by atoms with van der Waals surface area (Å²) in [7, 11) is 0. The molecule has 0 saturated carbocycles. The van der Waals surface area contributed by atoms with Crippen molar-refractivity contribution in [1.29, 1.82) is 0 Å². The summed E-state index contributed by atoms with van der Waals surface area (Å²) in [4.78, 5) is 16.5. The van der Waals surface area contributed by atoms with Crippen LogP contribution in [0.1, 0.15) is 15.4 Å². The Kier molecular flexibility index (Phi) is 3.12. The van der Waals surface area contributed by atoms with E-state index in [0.717, 1.165) is 10.2 Å². The predicted octanol–water partition coefficient (Wildman–Crippen LogP) is 3.13. The van der Waals surface area contributed by atoms with Gasteiger partial charge >= 0.3 is 0 Å². The number of ketones is 1. The number of hydrogen-bond acceptors (Lipinski definition) is 5.